The third kappa shape index (κ3) is 2.89. The molecule has 1 aromatic rings. The lowest BCUT2D eigenvalue weighted by molar-refractivity contribution is -0.178. The summed E-state index contributed by atoms with van der Waals surface area (Å²) in [5, 5.41) is 4.04. The van der Waals surface area contributed by atoms with E-state index in [2.05, 4.69) is 17.2 Å². The zero-order valence-electron chi connectivity index (χ0n) is 11.8. The van der Waals surface area contributed by atoms with E-state index < -0.39 is 29.1 Å². The number of benzene rings is 1. The fourth-order valence-corrected chi connectivity index (χ4v) is 2.34. The molecule has 1 atom stereocenters. The Bertz CT molecular complexity index is 741. The average Bonchev–Trinajstić information content (AvgIpc) is 3.27. The van der Waals surface area contributed by atoms with E-state index in [1.165, 1.54) is 6.08 Å². The Morgan fingerprint density at radius 3 is 2.70 bits per heavy atom. The summed E-state index contributed by atoms with van der Waals surface area (Å²) in [7, 11) is 0. The van der Waals surface area contributed by atoms with Gasteiger partial charge in [-0.2, -0.15) is 13.2 Å². The monoisotopic (exact) mass is 324 g/mol. The van der Waals surface area contributed by atoms with Crippen LogP contribution in [0.2, 0.25) is 0 Å². The minimum atomic E-state index is -4.91. The summed E-state index contributed by atoms with van der Waals surface area (Å²) < 4.78 is 54.5. The number of hydrogen-bond acceptors (Lipinski definition) is 1. The Labute approximate surface area is 129 Å². The predicted molar refractivity (Wildman–Crippen MR) is 75.9 cm³/mol. The molecule has 1 fully saturated rings. The maximum absolute atomic E-state index is 13.7. The minimum Gasteiger partial charge on any atom is -0.310 e. The highest BCUT2D eigenvalue weighted by molar-refractivity contribution is 5.94. The number of urea groups is 1. The lowest BCUT2D eigenvalue weighted by atomic mass is 9.86. The van der Waals surface area contributed by atoms with Crippen LogP contribution in [0.25, 0.3) is 0 Å². The first-order chi connectivity index (χ1) is 10.8. The van der Waals surface area contributed by atoms with Crippen molar-refractivity contribution in [2.45, 2.75) is 24.6 Å². The van der Waals surface area contributed by atoms with E-state index in [-0.39, 0.29) is 5.69 Å². The molecule has 0 spiro atoms. The number of allylic oxidation sites excluding steroid dienone is 2. The molecule has 1 saturated carbocycles. The van der Waals surface area contributed by atoms with Crippen molar-refractivity contribution in [3.8, 4) is 11.8 Å². The lowest BCUT2D eigenvalue weighted by Crippen LogP contribution is -2.59. The quantitative estimate of drug-likeness (QED) is 0.600. The van der Waals surface area contributed by atoms with Gasteiger partial charge in [0.2, 0.25) is 5.54 Å². The lowest BCUT2D eigenvalue weighted by Gasteiger charge is -2.37. The first kappa shape index (κ1) is 15.4. The minimum absolute atomic E-state index is 0.118. The highest BCUT2D eigenvalue weighted by Gasteiger charge is 2.59. The van der Waals surface area contributed by atoms with E-state index in [0.29, 0.717) is 5.92 Å². The van der Waals surface area contributed by atoms with Crippen LogP contribution in [0.15, 0.2) is 30.4 Å². The normalized spacial score (nSPS) is 23.6. The summed E-state index contributed by atoms with van der Waals surface area (Å²) in [5.74, 6) is 3.93. The van der Waals surface area contributed by atoms with Crippen LogP contribution >= 0.6 is 0 Å². The zero-order chi connectivity index (χ0) is 16.7. The van der Waals surface area contributed by atoms with Crippen LogP contribution in [0.4, 0.5) is 28.0 Å². The second-order valence-electron chi connectivity index (χ2n) is 5.48. The number of halogens is 4. The van der Waals surface area contributed by atoms with Crippen molar-refractivity contribution in [3.05, 3.63) is 41.7 Å². The number of rotatable bonds is 1. The summed E-state index contributed by atoms with van der Waals surface area (Å²) >= 11 is 0. The van der Waals surface area contributed by atoms with Crippen LogP contribution in [0.5, 0.6) is 0 Å². The number of alkyl halides is 3. The second-order valence-corrected chi connectivity index (χ2v) is 5.48. The molecule has 7 heteroatoms. The smallest absolute Gasteiger partial charge is 0.310 e. The molecule has 3 nitrogen and oxygen atoms in total. The Morgan fingerprint density at radius 1 is 1.30 bits per heavy atom. The first-order valence-corrected chi connectivity index (χ1v) is 6.97. The summed E-state index contributed by atoms with van der Waals surface area (Å²) in [4.78, 5) is 11.6. The molecule has 0 unspecified atom stereocenters. The van der Waals surface area contributed by atoms with Crippen LogP contribution in [0.3, 0.4) is 0 Å². The number of amides is 2. The van der Waals surface area contributed by atoms with Gasteiger partial charge in [-0.15, -0.1) is 0 Å². The van der Waals surface area contributed by atoms with Gasteiger partial charge in [-0.3, -0.25) is 0 Å². The van der Waals surface area contributed by atoms with Crippen LogP contribution in [0.1, 0.15) is 18.4 Å². The van der Waals surface area contributed by atoms with Crippen LogP contribution in [-0.2, 0) is 5.54 Å². The van der Waals surface area contributed by atoms with Crippen molar-refractivity contribution in [2.24, 2.45) is 5.92 Å². The third-order valence-corrected chi connectivity index (χ3v) is 3.69. The molecule has 1 aliphatic heterocycles. The van der Waals surface area contributed by atoms with Crippen molar-refractivity contribution < 1.29 is 22.4 Å². The number of carbonyl (C=O) groups is 1. The van der Waals surface area contributed by atoms with Gasteiger partial charge >= 0.3 is 12.2 Å². The van der Waals surface area contributed by atoms with Crippen molar-refractivity contribution >= 4 is 11.7 Å². The molecule has 0 saturated heterocycles. The van der Waals surface area contributed by atoms with Gasteiger partial charge < -0.3 is 10.6 Å². The van der Waals surface area contributed by atoms with Gasteiger partial charge in [0.15, 0.2) is 0 Å². The highest BCUT2D eigenvalue weighted by atomic mass is 19.4. The van der Waals surface area contributed by atoms with E-state index in [0.717, 1.165) is 31.0 Å². The number of carbonyl (C=O) groups excluding carboxylic acids is 1. The van der Waals surface area contributed by atoms with Crippen LogP contribution in [0, 0.1) is 23.6 Å². The fraction of sp³-hybridized carbons (Fsp3) is 0.312. The van der Waals surface area contributed by atoms with Gasteiger partial charge in [-0.1, -0.05) is 17.9 Å². The molecule has 23 heavy (non-hydrogen) atoms. The van der Waals surface area contributed by atoms with Crippen molar-refractivity contribution in [1.82, 2.24) is 5.32 Å². The number of fused-ring (bicyclic) bond motifs is 1. The van der Waals surface area contributed by atoms with E-state index in [9.17, 15) is 22.4 Å². The molecular weight excluding hydrogens is 312 g/mol. The standard InChI is InChI=1S/C16H12F4N2O/c17-11-6-7-13-12(9-11)15(16(18,19)20,22-14(23)21-13)8-2-1-3-10-4-5-10/h1,3,6-7,9-10H,4-5H2,(H2,21,22,23)/b3-1+/t15-/m0/s1. The molecule has 120 valence electrons. The van der Waals surface area contributed by atoms with Crippen molar-refractivity contribution in [3.63, 3.8) is 0 Å². The molecule has 0 aromatic heterocycles. The zero-order valence-corrected chi connectivity index (χ0v) is 11.8. The molecule has 1 heterocycles. The number of anilines is 1. The molecule has 1 aromatic carbocycles. The van der Waals surface area contributed by atoms with E-state index in [4.69, 9.17) is 0 Å². The maximum Gasteiger partial charge on any atom is 0.427 e. The fourth-order valence-electron chi connectivity index (χ4n) is 2.34. The topological polar surface area (TPSA) is 41.1 Å². The summed E-state index contributed by atoms with van der Waals surface area (Å²) in [6.07, 6.45) is 0.160. The largest absolute Gasteiger partial charge is 0.427 e. The molecule has 2 aliphatic rings. The summed E-state index contributed by atoms with van der Waals surface area (Å²) in [6, 6.07) is 1.76. The third-order valence-electron chi connectivity index (χ3n) is 3.69. The molecule has 3 rings (SSSR count). The Hall–Kier alpha value is -2.49. The molecule has 1 aliphatic carbocycles. The number of hydrogen-bond donors (Lipinski definition) is 2. The van der Waals surface area contributed by atoms with E-state index >= 15 is 0 Å². The van der Waals surface area contributed by atoms with Crippen molar-refractivity contribution in [2.75, 3.05) is 5.32 Å². The van der Waals surface area contributed by atoms with Crippen molar-refractivity contribution in [1.29, 1.82) is 0 Å². The summed E-state index contributed by atoms with van der Waals surface area (Å²) in [6.45, 7) is 0. The Kier molecular flexibility index (Phi) is 3.55. The molecular formula is C16H12F4N2O. The predicted octanol–water partition coefficient (Wildman–Crippen LogP) is 3.69. The van der Waals surface area contributed by atoms with Gasteiger partial charge in [-0.25, -0.2) is 9.18 Å². The second kappa shape index (κ2) is 5.30. The van der Waals surface area contributed by atoms with E-state index in [1.54, 1.807) is 6.08 Å². The Morgan fingerprint density at radius 2 is 2.04 bits per heavy atom. The SMILES string of the molecule is O=C1Nc2ccc(F)cc2[C@@](C#C/C=C/C2CC2)(C(F)(F)F)N1. The molecule has 2 amide bonds. The van der Waals surface area contributed by atoms with E-state index in [1.807, 2.05) is 5.32 Å². The average molecular weight is 324 g/mol. The van der Waals surface area contributed by atoms with Gasteiger partial charge in [0, 0.05) is 11.3 Å². The van der Waals surface area contributed by atoms with Gasteiger partial charge in [-0.05, 0) is 43.0 Å². The molecule has 0 bridgehead atoms. The van der Waals surface area contributed by atoms with Crippen LogP contribution in [-0.4, -0.2) is 12.2 Å². The highest BCUT2D eigenvalue weighted by Crippen LogP contribution is 2.44. The first-order valence-electron chi connectivity index (χ1n) is 6.97. The Balaban J connectivity index is 2.11. The van der Waals surface area contributed by atoms with Gasteiger partial charge in [0.25, 0.3) is 0 Å². The molecule has 0 radical (unpaired) electrons. The maximum atomic E-state index is 13.7. The molecule has 2 N–H and O–H groups in total. The van der Waals surface area contributed by atoms with Crippen LogP contribution < -0.4 is 10.6 Å². The van der Waals surface area contributed by atoms with Gasteiger partial charge in [0.1, 0.15) is 5.82 Å². The number of nitrogens with one attached hydrogen (secondary N) is 2. The summed E-state index contributed by atoms with van der Waals surface area (Å²) in [5.41, 5.74) is -3.52. The van der Waals surface area contributed by atoms with Gasteiger partial charge in [0.05, 0.1) is 0 Å².